The van der Waals surface area contributed by atoms with Crippen molar-refractivity contribution in [3.63, 3.8) is 0 Å². The molecule has 0 saturated heterocycles. The number of benzene rings is 2. The number of carbonyl (C=O) groups excluding carboxylic acids is 1. The van der Waals surface area contributed by atoms with Gasteiger partial charge in [-0.05, 0) is 55.3 Å². The van der Waals surface area contributed by atoms with Crippen LogP contribution in [0, 0.1) is 13.8 Å². The lowest BCUT2D eigenvalue weighted by Gasteiger charge is -2.10. The molecule has 0 aliphatic carbocycles. The Hall–Kier alpha value is -3.44. The van der Waals surface area contributed by atoms with Gasteiger partial charge in [0.2, 0.25) is 0 Å². The molecule has 2 aromatic carbocycles. The van der Waals surface area contributed by atoms with E-state index in [2.05, 4.69) is 15.4 Å². The van der Waals surface area contributed by atoms with Gasteiger partial charge in [-0.1, -0.05) is 54.1 Å². The van der Waals surface area contributed by atoms with Crippen molar-refractivity contribution in [2.24, 2.45) is 0 Å². The predicted octanol–water partition coefficient (Wildman–Crippen LogP) is 5.46. The highest BCUT2D eigenvalue weighted by Gasteiger charge is 2.15. The molecule has 144 valence electrons. The van der Waals surface area contributed by atoms with E-state index < -0.39 is 0 Å². The molecule has 0 aliphatic heterocycles. The van der Waals surface area contributed by atoms with E-state index in [1.54, 1.807) is 16.8 Å². The summed E-state index contributed by atoms with van der Waals surface area (Å²) in [6, 6.07) is 23.1. The molecule has 2 heterocycles. The third kappa shape index (κ3) is 4.05. The zero-order valence-electron chi connectivity index (χ0n) is 16.1. The maximum atomic E-state index is 12.8. The van der Waals surface area contributed by atoms with Gasteiger partial charge in [0, 0.05) is 11.4 Å². The lowest BCUT2D eigenvalue weighted by Crippen LogP contribution is -2.16. The predicted molar refractivity (Wildman–Crippen MR) is 116 cm³/mol. The van der Waals surface area contributed by atoms with Crippen molar-refractivity contribution in [1.29, 1.82) is 0 Å². The number of halogens is 1. The molecule has 0 atom stereocenters. The Morgan fingerprint density at radius 2 is 1.62 bits per heavy atom. The maximum Gasteiger partial charge on any atom is 0.275 e. The third-order valence-electron chi connectivity index (χ3n) is 4.52. The Labute approximate surface area is 174 Å². The van der Waals surface area contributed by atoms with Crippen LogP contribution in [0.5, 0.6) is 0 Å². The van der Waals surface area contributed by atoms with Crippen LogP contribution in [0.1, 0.15) is 21.9 Å². The van der Waals surface area contributed by atoms with Crippen LogP contribution in [-0.4, -0.2) is 20.7 Å². The first-order chi connectivity index (χ1) is 14.0. The Kier molecular flexibility index (Phi) is 5.14. The number of rotatable bonds is 4. The number of amides is 1. The number of hydrogen-bond donors (Lipinski definition) is 1. The van der Waals surface area contributed by atoms with Crippen LogP contribution in [0.4, 0.5) is 5.69 Å². The topological polar surface area (TPSA) is 59.8 Å². The van der Waals surface area contributed by atoms with E-state index in [-0.39, 0.29) is 16.6 Å². The highest BCUT2D eigenvalue weighted by atomic mass is 35.5. The van der Waals surface area contributed by atoms with Crippen LogP contribution in [0.25, 0.3) is 16.9 Å². The molecule has 6 heteroatoms. The fourth-order valence-electron chi connectivity index (χ4n) is 3.14. The zero-order valence-corrected chi connectivity index (χ0v) is 16.8. The minimum Gasteiger partial charge on any atom is -0.321 e. The van der Waals surface area contributed by atoms with E-state index in [1.807, 2.05) is 74.5 Å². The van der Waals surface area contributed by atoms with Crippen LogP contribution in [0.15, 0.2) is 72.8 Å². The molecule has 2 aromatic heterocycles. The van der Waals surface area contributed by atoms with E-state index in [4.69, 9.17) is 11.6 Å². The van der Waals surface area contributed by atoms with E-state index >= 15 is 0 Å². The van der Waals surface area contributed by atoms with Gasteiger partial charge < -0.3 is 5.32 Å². The highest BCUT2D eigenvalue weighted by Crippen LogP contribution is 2.23. The van der Waals surface area contributed by atoms with Gasteiger partial charge in [0.05, 0.1) is 10.7 Å². The Balaban J connectivity index is 1.57. The molecule has 0 radical (unpaired) electrons. The van der Waals surface area contributed by atoms with Gasteiger partial charge in [-0.3, -0.25) is 4.79 Å². The minimum atomic E-state index is -0.370. The standard InChI is InChI=1S/C23H19ClN4O/c1-15-14-16(2)28(27-15)21-13-12-20(24)22(26-21)23(29)25-19-10-8-18(9-11-19)17-6-4-3-5-7-17/h3-14H,1-2H3,(H,25,29). The number of aromatic nitrogens is 3. The molecule has 29 heavy (non-hydrogen) atoms. The van der Waals surface area contributed by atoms with Crippen molar-refractivity contribution in [2.75, 3.05) is 5.32 Å². The summed E-state index contributed by atoms with van der Waals surface area (Å²) in [7, 11) is 0. The van der Waals surface area contributed by atoms with Crippen molar-refractivity contribution in [3.05, 3.63) is 94.9 Å². The molecule has 4 aromatic rings. The van der Waals surface area contributed by atoms with Crippen LogP contribution < -0.4 is 5.32 Å². The van der Waals surface area contributed by atoms with Crippen molar-refractivity contribution in [2.45, 2.75) is 13.8 Å². The summed E-state index contributed by atoms with van der Waals surface area (Å²) in [5, 5.41) is 7.56. The number of pyridine rings is 1. The lowest BCUT2D eigenvalue weighted by atomic mass is 10.1. The van der Waals surface area contributed by atoms with Gasteiger partial charge in [-0.25, -0.2) is 9.67 Å². The van der Waals surface area contributed by atoms with Crippen LogP contribution >= 0.6 is 11.6 Å². The van der Waals surface area contributed by atoms with E-state index in [1.165, 1.54) is 0 Å². The summed E-state index contributed by atoms with van der Waals surface area (Å²) in [5.41, 5.74) is 4.83. The van der Waals surface area contributed by atoms with Gasteiger partial charge in [0.15, 0.2) is 5.82 Å². The SMILES string of the molecule is Cc1cc(C)n(-c2ccc(Cl)c(C(=O)Nc3ccc(-c4ccccc4)cc3)n2)n1. The maximum absolute atomic E-state index is 12.8. The number of nitrogens with zero attached hydrogens (tertiary/aromatic N) is 3. The largest absolute Gasteiger partial charge is 0.321 e. The Morgan fingerprint density at radius 1 is 0.931 bits per heavy atom. The summed E-state index contributed by atoms with van der Waals surface area (Å²) >= 11 is 6.24. The lowest BCUT2D eigenvalue weighted by molar-refractivity contribution is 0.102. The number of aryl methyl sites for hydroxylation is 2. The molecule has 4 rings (SSSR count). The van der Waals surface area contributed by atoms with Crippen molar-refractivity contribution in [1.82, 2.24) is 14.8 Å². The zero-order chi connectivity index (χ0) is 20.4. The van der Waals surface area contributed by atoms with Crippen molar-refractivity contribution >= 4 is 23.2 Å². The van der Waals surface area contributed by atoms with Crippen LogP contribution in [-0.2, 0) is 0 Å². The van der Waals surface area contributed by atoms with Gasteiger partial charge in [0.25, 0.3) is 5.91 Å². The first kappa shape index (κ1) is 18.9. The molecule has 0 bridgehead atoms. The van der Waals surface area contributed by atoms with Gasteiger partial charge in [0.1, 0.15) is 5.69 Å². The molecule has 1 amide bonds. The fraction of sp³-hybridized carbons (Fsp3) is 0.0870. The quantitative estimate of drug-likeness (QED) is 0.493. The molecule has 0 unspecified atom stereocenters. The first-order valence-corrected chi connectivity index (χ1v) is 9.56. The second kappa shape index (κ2) is 7.89. The Morgan fingerprint density at radius 3 is 2.28 bits per heavy atom. The van der Waals surface area contributed by atoms with Crippen molar-refractivity contribution < 1.29 is 4.79 Å². The average molecular weight is 403 g/mol. The summed E-state index contributed by atoms with van der Waals surface area (Å²) in [5.74, 6) is 0.176. The smallest absolute Gasteiger partial charge is 0.275 e. The monoisotopic (exact) mass is 402 g/mol. The normalized spacial score (nSPS) is 10.7. The fourth-order valence-corrected chi connectivity index (χ4v) is 3.33. The highest BCUT2D eigenvalue weighted by molar-refractivity contribution is 6.34. The number of nitrogens with one attached hydrogen (secondary N) is 1. The molecule has 5 nitrogen and oxygen atoms in total. The minimum absolute atomic E-state index is 0.156. The molecule has 0 spiro atoms. The molecule has 1 N–H and O–H groups in total. The molecular weight excluding hydrogens is 384 g/mol. The Bertz CT molecular complexity index is 1170. The second-order valence-electron chi connectivity index (χ2n) is 6.74. The van der Waals surface area contributed by atoms with Gasteiger partial charge in [-0.15, -0.1) is 0 Å². The summed E-state index contributed by atoms with van der Waals surface area (Å²) in [4.78, 5) is 17.2. The van der Waals surface area contributed by atoms with Crippen LogP contribution in [0.3, 0.4) is 0 Å². The molecule has 0 saturated carbocycles. The van der Waals surface area contributed by atoms with E-state index in [0.29, 0.717) is 11.5 Å². The summed E-state index contributed by atoms with van der Waals surface area (Å²) in [6.45, 7) is 3.84. The molecule has 0 fully saturated rings. The van der Waals surface area contributed by atoms with E-state index in [0.717, 1.165) is 22.5 Å². The third-order valence-corrected chi connectivity index (χ3v) is 4.83. The average Bonchev–Trinajstić information content (AvgIpc) is 3.07. The molecular formula is C23H19ClN4O. The summed E-state index contributed by atoms with van der Waals surface area (Å²) < 4.78 is 1.69. The second-order valence-corrected chi connectivity index (χ2v) is 7.14. The molecule has 0 aliphatic rings. The van der Waals surface area contributed by atoms with E-state index in [9.17, 15) is 4.79 Å². The van der Waals surface area contributed by atoms with Crippen LogP contribution in [0.2, 0.25) is 5.02 Å². The van der Waals surface area contributed by atoms with Gasteiger partial charge >= 0.3 is 0 Å². The number of carbonyl (C=O) groups is 1. The summed E-state index contributed by atoms with van der Waals surface area (Å²) in [6.07, 6.45) is 0. The number of hydrogen-bond acceptors (Lipinski definition) is 3. The van der Waals surface area contributed by atoms with Crippen molar-refractivity contribution in [3.8, 4) is 16.9 Å². The van der Waals surface area contributed by atoms with Gasteiger partial charge in [-0.2, -0.15) is 5.10 Å². The number of anilines is 1. The first-order valence-electron chi connectivity index (χ1n) is 9.18.